The number of likely N-dealkylation sites (N-methyl/N-ethyl adjacent to an activating group) is 1. The highest BCUT2D eigenvalue weighted by Crippen LogP contribution is 2.30. The standard InChI is InChI=1S/C22H30ClFN2O2/c1-4-26(5-2)13-12-25-15-17-10-11-21(22(14-17)27-6-3)28-16-18-19(23)8-7-9-20(18)24/h7-11,14,25H,4-6,12-13,15-16H2,1-3H3. The molecule has 0 aliphatic carbocycles. The molecule has 1 N–H and O–H groups in total. The molecule has 0 saturated carbocycles. The number of hydrogen-bond acceptors (Lipinski definition) is 4. The summed E-state index contributed by atoms with van der Waals surface area (Å²) in [6.45, 7) is 11.7. The van der Waals surface area contributed by atoms with Crippen molar-refractivity contribution in [2.75, 3.05) is 32.8 Å². The molecule has 2 aromatic rings. The molecule has 0 fully saturated rings. The van der Waals surface area contributed by atoms with Crippen molar-refractivity contribution >= 4 is 11.6 Å². The lowest BCUT2D eigenvalue weighted by Gasteiger charge is -2.18. The summed E-state index contributed by atoms with van der Waals surface area (Å²) >= 11 is 6.07. The third-order valence-electron chi connectivity index (χ3n) is 4.57. The summed E-state index contributed by atoms with van der Waals surface area (Å²) in [6, 6.07) is 10.4. The lowest BCUT2D eigenvalue weighted by molar-refractivity contribution is 0.265. The normalized spacial score (nSPS) is 11.1. The molecule has 2 rings (SSSR count). The first kappa shape index (κ1) is 22.5. The van der Waals surface area contributed by atoms with Crippen LogP contribution in [-0.2, 0) is 13.2 Å². The van der Waals surface area contributed by atoms with E-state index in [1.807, 2.05) is 25.1 Å². The molecular formula is C22H30ClFN2O2. The monoisotopic (exact) mass is 408 g/mol. The maximum Gasteiger partial charge on any atom is 0.161 e. The SMILES string of the molecule is CCOc1cc(CNCCN(CC)CC)ccc1OCc1c(F)cccc1Cl. The van der Waals surface area contributed by atoms with Crippen LogP contribution in [0.1, 0.15) is 31.9 Å². The summed E-state index contributed by atoms with van der Waals surface area (Å²) < 4.78 is 25.5. The zero-order chi connectivity index (χ0) is 20.4. The van der Waals surface area contributed by atoms with Gasteiger partial charge in [0.15, 0.2) is 11.5 Å². The van der Waals surface area contributed by atoms with Gasteiger partial charge in [-0.25, -0.2) is 4.39 Å². The Kier molecular flexibility index (Phi) is 9.55. The number of hydrogen-bond donors (Lipinski definition) is 1. The van der Waals surface area contributed by atoms with Gasteiger partial charge in [-0.1, -0.05) is 37.6 Å². The quantitative estimate of drug-likeness (QED) is 0.507. The number of halogens is 2. The summed E-state index contributed by atoms with van der Waals surface area (Å²) in [7, 11) is 0. The molecule has 2 aromatic carbocycles. The summed E-state index contributed by atoms with van der Waals surface area (Å²) in [5, 5.41) is 3.81. The predicted octanol–water partition coefficient (Wildman–Crippen LogP) is 4.89. The molecule has 28 heavy (non-hydrogen) atoms. The minimum Gasteiger partial charge on any atom is -0.490 e. The van der Waals surface area contributed by atoms with E-state index in [2.05, 4.69) is 24.1 Å². The van der Waals surface area contributed by atoms with Crippen LogP contribution in [0.3, 0.4) is 0 Å². The molecule has 0 aromatic heterocycles. The van der Waals surface area contributed by atoms with E-state index < -0.39 is 0 Å². The first-order valence-corrected chi connectivity index (χ1v) is 10.2. The van der Waals surface area contributed by atoms with Gasteiger partial charge >= 0.3 is 0 Å². The Morgan fingerprint density at radius 1 is 1.04 bits per heavy atom. The van der Waals surface area contributed by atoms with Crippen molar-refractivity contribution in [2.45, 2.75) is 33.9 Å². The van der Waals surface area contributed by atoms with E-state index in [9.17, 15) is 4.39 Å². The lowest BCUT2D eigenvalue weighted by Crippen LogP contribution is -2.31. The van der Waals surface area contributed by atoms with Gasteiger partial charge in [-0.05, 0) is 49.8 Å². The average Bonchev–Trinajstić information content (AvgIpc) is 2.69. The Labute approximate surface area is 172 Å². The van der Waals surface area contributed by atoms with Gasteiger partial charge < -0.3 is 19.7 Å². The van der Waals surface area contributed by atoms with Crippen molar-refractivity contribution in [3.8, 4) is 11.5 Å². The van der Waals surface area contributed by atoms with Gasteiger partial charge in [0.25, 0.3) is 0 Å². The van der Waals surface area contributed by atoms with Crippen LogP contribution in [0.4, 0.5) is 4.39 Å². The predicted molar refractivity (Wildman–Crippen MR) is 113 cm³/mol. The van der Waals surface area contributed by atoms with Crippen molar-refractivity contribution in [1.82, 2.24) is 10.2 Å². The van der Waals surface area contributed by atoms with Gasteiger partial charge in [-0.2, -0.15) is 0 Å². The molecule has 0 aliphatic heterocycles. The third-order valence-corrected chi connectivity index (χ3v) is 4.92. The fraction of sp³-hybridized carbons (Fsp3) is 0.455. The maximum absolute atomic E-state index is 13.9. The van der Waals surface area contributed by atoms with E-state index in [-0.39, 0.29) is 12.4 Å². The minimum absolute atomic E-state index is 0.0487. The van der Waals surface area contributed by atoms with Crippen LogP contribution in [0.2, 0.25) is 5.02 Å². The van der Waals surface area contributed by atoms with E-state index in [0.29, 0.717) is 28.7 Å². The second-order valence-electron chi connectivity index (χ2n) is 6.41. The van der Waals surface area contributed by atoms with E-state index >= 15 is 0 Å². The second-order valence-corrected chi connectivity index (χ2v) is 6.81. The number of rotatable bonds is 12. The largest absolute Gasteiger partial charge is 0.490 e. The average molecular weight is 409 g/mol. The first-order valence-electron chi connectivity index (χ1n) is 9.83. The summed E-state index contributed by atoms with van der Waals surface area (Å²) in [5.74, 6) is 0.852. The van der Waals surface area contributed by atoms with Crippen LogP contribution < -0.4 is 14.8 Å². The molecule has 0 radical (unpaired) electrons. The fourth-order valence-corrected chi connectivity index (χ4v) is 3.10. The number of nitrogens with one attached hydrogen (secondary N) is 1. The molecular weight excluding hydrogens is 379 g/mol. The smallest absolute Gasteiger partial charge is 0.161 e. The van der Waals surface area contributed by atoms with Crippen LogP contribution in [0.5, 0.6) is 11.5 Å². The molecule has 0 aliphatic rings. The first-order chi connectivity index (χ1) is 13.6. The number of benzene rings is 2. The van der Waals surface area contributed by atoms with Crippen LogP contribution in [0, 0.1) is 5.82 Å². The zero-order valence-corrected chi connectivity index (χ0v) is 17.7. The molecule has 0 atom stereocenters. The van der Waals surface area contributed by atoms with Crippen molar-refractivity contribution in [3.05, 3.63) is 58.4 Å². The van der Waals surface area contributed by atoms with E-state index in [0.717, 1.165) is 38.3 Å². The number of nitrogens with zero attached hydrogens (tertiary/aromatic N) is 1. The van der Waals surface area contributed by atoms with Crippen LogP contribution in [0.15, 0.2) is 36.4 Å². The Balaban J connectivity index is 1.98. The molecule has 0 spiro atoms. The van der Waals surface area contributed by atoms with Gasteiger partial charge in [-0.15, -0.1) is 0 Å². The third kappa shape index (κ3) is 6.66. The van der Waals surface area contributed by atoms with Crippen molar-refractivity contribution in [2.24, 2.45) is 0 Å². The summed E-state index contributed by atoms with van der Waals surface area (Å²) in [4.78, 5) is 2.38. The maximum atomic E-state index is 13.9. The van der Waals surface area contributed by atoms with Crippen LogP contribution in [0.25, 0.3) is 0 Å². The van der Waals surface area contributed by atoms with Crippen molar-refractivity contribution in [1.29, 1.82) is 0 Å². The molecule has 0 unspecified atom stereocenters. The minimum atomic E-state index is -0.375. The molecule has 0 amide bonds. The zero-order valence-electron chi connectivity index (χ0n) is 16.9. The van der Waals surface area contributed by atoms with Crippen molar-refractivity contribution in [3.63, 3.8) is 0 Å². The van der Waals surface area contributed by atoms with Crippen LogP contribution >= 0.6 is 11.6 Å². The van der Waals surface area contributed by atoms with Crippen molar-refractivity contribution < 1.29 is 13.9 Å². The molecule has 154 valence electrons. The Bertz CT molecular complexity index is 718. The van der Waals surface area contributed by atoms with Gasteiger partial charge in [0.05, 0.1) is 11.6 Å². The van der Waals surface area contributed by atoms with E-state index in [4.69, 9.17) is 21.1 Å². The molecule has 4 nitrogen and oxygen atoms in total. The Hall–Kier alpha value is -1.82. The van der Waals surface area contributed by atoms with Crippen LogP contribution in [-0.4, -0.2) is 37.7 Å². The van der Waals surface area contributed by atoms with Gasteiger partial charge in [-0.3, -0.25) is 0 Å². The lowest BCUT2D eigenvalue weighted by atomic mass is 10.2. The molecule has 0 saturated heterocycles. The Morgan fingerprint density at radius 3 is 2.50 bits per heavy atom. The summed E-state index contributed by atoms with van der Waals surface area (Å²) in [6.07, 6.45) is 0. The highest BCUT2D eigenvalue weighted by Gasteiger charge is 2.11. The highest BCUT2D eigenvalue weighted by atomic mass is 35.5. The van der Waals surface area contributed by atoms with Gasteiger partial charge in [0, 0.05) is 25.2 Å². The van der Waals surface area contributed by atoms with Gasteiger partial charge in [0.2, 0.25) is 0 Å². The van der Waals surface area contributed by atoms with E-state index in [1.54, 1.807) is 12.1 Å². The number of ether oxygens (including phenoxy) is 2. The molecule has 0 bridgehead atoms. The fourth-order valence-electron chi connectivity index (χ4n) is 2.88. The summed E-state index contributed by atoms with van der Waals surface area (Å²) in [5.41, 5.74) is 1.45. The second kappa shape index (κ2) is 11.9. The topological polar surface area (TPSA) is 33.7 Å². The molecule has 0 heterocycles. The van der Waals surface area contributed by atoms with Gasteiger partial charge in [0.1, 0.15) is 12.4 Å². The Morgan fingerprint density at radius 2 is 1.82 bits per heavy atom. The highest BCUT2D eigenvalue weighted by molar-refractivity contribution is 6.31. The van der Waals surface area contributed by atoms with E-state index in [1.165, 1.54) is 6.07 Å². The molecule has 6 heteroatoms.